The molecule has 0 atom stereocenters. The largest absolute Gasteiger partial charge is 0.507 e. The summed E-state index contributed by atoms with van der Waals surface area (Å²) in [6.07, 6.45) is 5.55. The van der Waals surface area contributed by atoms with Crippen LogP contribution in [0.1, 0.15) is 52.7 Å². The molecule has 5 heteroatoms. The quantitative estimate of drug-likeness (QED) is 0.215. The van der Waals surface area contributed by atoms with Crippen LogP contribution in [-0.4, -0.2) is 20.1 Å². The molecule has 0 saturated heterocycles. The number of nitrogens with zero attached hydrogens (tertiary/aromatic N) is 3. The molecule has 44 heavy (non-hydrogen) atoms. The molecule has 0 aliphatic rings. The highest BCUT2D eigenvalue weighted by molar-refractivity contribution is 7.99. The Morgan fingerprint density at radius 2 is 1.39 bits per heavy atom. The molecule has 3 heterocycles. The van der Waals surface area contributed by atoms with E-state index in [0.29, 0.717) is 0 Å². The Morgan fingerprint density at radius 3 is 2.14 bits per heavy atom. The van der Waals surface area contributed by atoms with E-state index in [0.717, 1.165) is 59.9 Å². The molecule has 0 spiro atoms. The Bertz CT molecular complexity index is 1970. The van der Waals surface area contributed by atoms with Gasteiger partial charge < -0.3 is 5.11 Å². The molecule has 4 nitrogen and oxygen atoms in total. The minimum atomic E-state index is -0.238. The van der Waals surface area contributed by atoms with Crippen LogP contribution < -0.4 is 0 Å². The second-order valence-electron chi connectivity index (χ2n) is 13.3. The minimum Gasteiger partial charge on any atom is -0.507 e. The summed E-state index contributed by atoms with van der Waals surface area (Å²) in [6, 6.07) is 31.3. The number of phenols is 1. The fourth-order valence-electron chi connectivity index (χ4n) is 5.30. The first-order valence-electron chi connectivity index (χ1n) is 14.9. The van der Waals surface area contributed by atoms with E-state index in [4.69, 9.17) is 4.98 Å². The van der Waals surface area contributed by atoms with Crippen molar-refractivity contribution in [3.63, 3.8) is 0 Å². The summed E-state index contributed by atoms with van der Waals surface area (Å²) in [5, 5.41) is 14.8. The summed E-state index contributed by atoms with van der Waals surface area (Å²) < 4.78 is 0. The molecule has 0 radical (unpaired) electrons. The zero-order chi connectivity index (χ0) is 31.1. The zero-order valence-corrected chi connectivity index (χ0v) is 26.9. The second-order valence-corrected chi connectivity index (χ2v) is 14.4. The van der Waals surface area contributed by atoms with Gasteiger partial charge in [-0.15, -0.1) is 0 Å². The summed E-state index contributed by atoms with van der Waals surface area (Å²) in [5.74, 6) is 0.287. The summed E-state index contributed by atoms with van der Waals surface area (Å²) in [6.45, 7) is 13.0. The first-order chi connectivity index (χ1) is 21.0. The molecule has 6 aromatic rings. The van der Waals surface area contributed by atoms with Gasteiger partial charge >= 0.3 is 0 Å². The van der Waals surface area contributed by atoms with E-state index >= 15 is 0 Å². The van der Waals surface area contributed by atoms with Crippen LogP contribution in [-0.2, 0) is 10.8 Å². The van der Waals surface area contributed by atoms with Crippen molar-refractivity contribution in [1.29, 1.82) is 0 Å². The van der Waals surface area contributed by atoms with Gasteiger partial charge in [0.1, 0.15) is 10.8 Å². The molecule has 0 unspecified atom stereocenters. The third-order valence-corrected chi connectivity index (χ3v) is 8.76. The molecule has 6 rings (SSSR count). The first kappa shape index (κ1) is 29.6. The number of aromatic nitrogens is 3. The smallest absolute Gasteiger partial charge is 0.128 e. The Labute approximate surface area is 264 Å². The van der Waals surface area contributed by atoms with Crippen molar-refractivity contribution in [3.8, 4) is 39.4 Å². The summed E-state index contributed by atoms with van der Waals surface area (Å²) >= 11 is 1.62. The zero-order valence-electron chi connectivity index (χ0n) is 26.1. The lowest BCUT2D eigenvalue weighted by molar-refractivity contribution is 0.446. The van der Waals surface area contributed by atoms with Crippen molar-refractivity contribution in [2.45, 2.75) is 62.3 Å². The summed E-state index contributed by atoms with van der Waals surface area (Å²) in [5.41, 5.74) is 7.24. The molecule has 0 amide bonds. The molecule has 0 saturated carbocycles. The lowest BCUT2D eigenvalue weighted by Gasteiger charge is -2.27. The van der Waals surface area contributed by atoms with Gasteiger partial charge in [0.2, 0.25) is 0 Å². The van der Waals surface area contributed by atoms with Crippen molar-refractivity contribution in [2.24, 2.45) is 0 Å². The SMILES string of the molecule is CC(C)(C)c1cc(-c2cc(-c3ccccc3)cc(-c3cccc(Sc4cc5cnccc5cn4)c3)n2)c(O)c(C(C)(C)C)c1. The van der Waals surface area contributed by atoms with E-state index in [1.165, 1.54) is 5.56 Å². The molecule has 0 fully saturated rings. The van der Waals surface area contributed by atoms with Crippen molar-refractivity contribution >= 4 is 22.5 Å². The average Bonchev–Trinajstić information content (AvgIpc) is 3.00. The monoisotopic (exact) mass is 595 g/mol. The number of rotatable bonds is 5. The predicted octanol–water partition coefficient (Wildman–Crippen LogP) is 10.5. The second kappa shape index (κ2) is 11.5. The number of fused-ring (bicyclic) bond motifs is 1. The van der Waals surface area contributed by atoms with Gasteiger partial charge in [0.25, 0.3) is 0 Å². The van der Waals surface area contributed by atoms with Gasteiger partial charge in [-0.2, -0.15) is 0 Å². The predicted molar refractivity (Wildman–Crippen MR) is 183 cm³/mol. The first-order valence-corrected chi connectivity index (χ1v) is 15.7. The van der Waals surface area contributed by atoms with Crippen LogP contribution >= 0.6 is 11.8 Å². The standard InChI is InChI=1S/C39H37N3OS/c1-38(2,3)30-21-32(37(43)33(22-30)39(4,5)6)35-19-28(25-11-8-7-9-12-25)18-34(42-35)26-13-10-14-31(17-26)44-36-20-29-23-40-16-15-27(29)24-41-36/h7-24,43H,1-6H3. The Morgan fingerprint density at radius 1 is 0.636 bits per heavy atom. The van der Waals surface area contributed by atoms with Gasteiger partial charge in [-0.05, 0) is 70.0 Å². The third kappa shape index (κ3) is 6.24. The Hall–Kier alpha value is -4.48. The summed E-state index contributed by atoms with van der Waals surface area (Å²) in [4.78, 5) is 15.2. The maximum atomic E-state index is 11.7. The highest BCUT2D eigenvalue weighted by Gasteiger charge is 2.26. The van der Waals surface area contributed by atoms with Crippen LogP contribution in [0.5, 0.6) is 5.75 Å². The average molecular weight is 596 g/mol. The van der Waals surface area contributed by atoms with Crippen molar-refractivity contribution in [1.82, 2.24) is 15.0 Å². The van der Waals surface area contributed by atoms with Gasteiger partial charge in [-0.1, -0.05) is 102 Å². The normalized spacial score (nSPS) is 12.0. The molecule has 0 aliphatic carbocycles. The molecular formula is C39H37N3OS. The highest BCUT2D eigenvalue weighted by Crippen LogP contribution is 2.43. The van der Waals surface area contributed by atoms with Crippen molar-refractivity contribution < 1.29 is 5.11 Å². The van der Waals surface area contributed by atoms with Crippen LogP contribution in [0.15, 0.2) is 120 Å². The third-order valence-electron chi connectivity index (χ3n) is 7.84. The lowest BCUT2D eigenvalue weighted by Crippen LogP contribution is -2.17. The number of hydrogen-bond acceptors (Lipinski definition) is 5. The molecule has 3 aromatic carbocycles. The van der Waals surface area contributed by atoms with Crippen molar-refractivity contribution in [2.75, 3.05) is 0 Å². The highest BCUT2D eigenvalue weighted by atomic mass is 32.2. The lowest BCUT2D eigenvalue weighted by atomic mass is 9.78. The molecular weight excluding hydrogens is 559 g/mol. The van der Waals surface area contributed by atoms with Crippen LogP contribution in [0.25, 0.3) is 44.4 Å². The van der Waals surface area contributed by atoms with E-state index in [2.05, 4.69) is 118 Å². The summed E-state index contributed by atoms with van der Waals surface area (Å²) in [7, 11) is 0. The Kier molecular flexibility index (Phi) is 7.77. The van der Waals surface area contributed by atoms with E-state index < -0.39 is 0 Å². The fraction of sp³-hybridized carbons (Fsp3) is 0.205. The van der Waals surface area contributed by atoms with E-state index in [1.807, 2.05) is 36.7 Å². The Balaban J connectivity index is 1.49. The van der Waals surface area contributed by atoms with E-state index in [9.17, 15) is 5.11 Å². The van der Waals surface area contributed by atoms with E-state index in [-0.39, 0.29) is 16.6 Å². The molecule has 220 valence electrons. The topological polar surface area (TPSA) is 58.9 Å². The fourth-order valence-corrected chi connectivity index (χ4v) is 6.17. The van der Waals surface area contributed by atoms with Crippen LogP contribution in [0.2, 0.25) is 0 Å². The number of aromatic hydroxyl groups is 1. The number of hydrogen-bond donors (Lipinski definition) is 1. The number of pyridine rings is 3. The van der Waals surface area contributed by atoms with Gasteiger partial charge in [0.05, 0.1) is 11.4 Å². The van der Waals surface area contributed by atoms with Crippen LogP contribution in [0.3, 0.4) is 0 Å². The molecule has 1 N–H and O–H groups in total. The maximum Gasteiger partial charge on any atom is 0.128 e. The van der Waals surface area contributed by atoms with Gasteiger partial charge in [0.15, 0.2) is 0 Å². The van der Waals surface area contributed by atoms with Crippen LogP contribution in [0.4, 0.5) is 0 Å². The van der Waals surface area contributed by atoms with E-state index in [1.54, 1.807) is 18.0 Å². The van der Waals surface area contributed by atoms with Gasteiger partial charge in [-0.25, -0.2) is 9.97 Å². The number of benzene rings is 3. The molecule has 3 aromatic heterocycles. The van der Waals surface area contributed by atoms with Crippen LogP contribution in [0, 0.1) is 0 Å². The molecule has 0 aliphatic heterocycles. The number of phenolic OH excluding ortho intramolecular Hbond substituents is 1. The van der Waals surface area contributed by atoms with Gasteiger partial charge in [0, 0.05) is 50.9 Å². The van der Waals surface area contributed by atoms with Gasteiger partial charge in [-0.3, -0.25) is 4.98 Å². The minimum absolute atomic E-state index is 0.0965. The maximum absolute atomic E-state index is 11.7. The molecule has 0 bridgehead atoms. The van der Waals surface area contributed by atoms with Crippen molar-refractivity contribution in [3.05, 3.63) is 121 Å².